The molecule has 3 rings (SSSR count). The van der Waals surface area contributed by atoms with Gasteiger partial charge in [0.25, 0.3) is 0 Å². The van der Waals surface area contributed by atoms with Gasteiger partial charge < -0.3 is 24.4 Å². The van der Waals surface area contributed by atoms with Crippen molar-refractivity contribution < 1.29 is 34.0 Å². The van der Waals surface area contributed by atoms with Gasteiger partial charge in [0.15, 0.2) is 11.5 Å². The third-order valence-electron chi connectivity index (χ3n) is 8.18. The molecule has 0 aliphatic carbocycles. The molecule has 0 bridgehead atoms. The average molecular weight is 605 g/mol. The molecule has 2 N–H and O–H groups in total. The lowest BCUT2D eigenvalue weighted by molar-refractivity contribution is 0.0644. The Morgan fingerprint density at radius 1 is 0.705 bits per heavy atom. The van der Waals surface area contributed by atoms with Crippen LogP contribution in [0, 0.1) is 17.8 Å². The zero-order valence-corrected chi connectivity index (χ0v) is 26.8. The molecule has 0 amide bonds. The fraction of sp³-hybridized carbons (Fsp3) is 0.459. The predicted octanol–water partition coefficient (Wildman–Crippen LogP) is 9.28. The highest BCUT2D eigenvalue weighted by Crippen LogP contribution is 2.37. The van der Waals surface area contributed by atoms with Crippen LogP contribution >= 0.6 is 0 Å². The molecule has 0 aromatic heterocycles. The fourth-order valence-corrected chi connectivity index (χ4v) is 5.07. The van der Waals surface area contributed by atoms with Crippen LogP contribution in [0.1, 0.15) is 105 Å². The number of carboxylic acid groups (broad SMARTS) is 2. The molecule has 0 radical (unpaired) electrons. The largest absolute Gasteiger partial charge is 0.489 e. The van der Waals surface area contributed by atoms with Crippen molar-refractivity contribution in [3.63, 3.8) is 0 Å². The summed E-state index contributed by atoms with van der Waals surface area (Å²) in [6.07, 6.45) is 6.41. The second-order valence-corrected chi connectivity index (χ2v) is 12.2. The quantitative estimate of drug-likeness (QED) is 0.141. The van der Waals surface area contributed by atoms with Crippen LogP contribution in [0.4, 0.5) is 0 Å². The van der Waals surface area contributed by atoms with Crippen LogP contribution in [0.25, 0.3) is 0 Å². The first-order chi connectivity index (χ1) is 21.1. The molecular weight excluding hydrogens is 556 g/mol. The second-order valence-electron chi connectivity index (χ2n) is 12.2. The van der Waals surface area contributed by atoms with Gasteiger partial charge in [0.2, 0.25) is 0 Å². The topological polar surface area (TPSA) is 102 Å². The van der Waals surface area contributed by atoms with Gasteiger partial charge in [-0.2, -0.15) is 0 Å². The molecule has 44 heavy (non-hydrogen) atoms. The Labute approximate surface area is 262 Å². The standard InChI is InChI=1S/C37H48O7/c1-6-26(4)11-10-12-27(5)15-21-32(25(2)3)44-33-22-20-31(36(38)39)34(37(40)41)35(33)43-24-29-16-18-30(19-17-29)42-23-28-13-8-7-9-14-28/h7-9,13-14,16-20,22,25-27,32H,6,10-12,15,21,23-24H2,1-5H3,(H,38,39)(H,40,41). The van der Waals surface area contributed by atoms with Crippen LogP contribution in [0.5, 0.6) is 17.2 Å². The lowest BCUT2D eigenvalue weighted by atomic mass is 9.91. The van der Waals surface area contributed by atoms with Gasteiger partial charge >= 0.3 is 11.9 Å². The number of hydrogen-bond acceptors (Lipinski definition) is 5. The smallest absolute Gasteiger partial charge is 0.340 e. The summed E-state index contributed by atoms with van der Waals surface area (Å²) in [7, 11) is 0. The third-order valence-corrected chi connectivity index (χ3v) is 8.18. The second kappa shape index (κ2) is 17.3. The Morgan fingerprint density at radius 3 is 1.95 bits per heavy atom. The van der Waals surface area contributed by atoms with E-state index in [2.05, 4.69) is 34.6 Å². The number of aromatic carboxylic acids is 2. The van der Waals surface area contributed by atoms with E-state index >= 15 is 0 Å². The van der Waals surface area contributed by atoms with E-state index in [9.17, 15) is 19.8 Å². The number of benzene rings is 3. The van der Waals surface area contributed by atoms with Crippen LogP contribution < -0.4 is 14.2 Å². The first kappa shape index (κ1) is 34.5. The minimum Gasteiger partial charge on any atom is -0.489 e. The van der Waals surface area contributed by atoms with E-state index in [1.165, 1.54) is 31.4 Å². The Hall–Kier alpha value is -4.00. The number of hydrogen-bond donors (Lipinski definition) is 2. The Bertz CT molecular complexity index is 1320. The molecule has 0 spiro atoms. The van der Waals surface area contributed by atoms with Crippen LogP contribution in [0.3, 0.4) is 0 Å². The molecule has 3 aromatic carbocycles. The van der Waals surface area contributed by atoms with Gasteiger partial charge in [0.1, 0.15) is 30.6 Å². The maximum absolute atomic E-state index is 12.3. The highest BCUT2D eigenvalue weighted by atomic mass is 16.5. The third kappa shape index (κ3) is 10.6. The molecule has 0 fully saturated rings. The maximum atomic E-state index is 12.3. The zero-order chi connectivity index (χ0) is 32.1. The van der Waals surface area contributed by atoms with Crippen molar-refractivity contribution in [2.75, 3.05) is 0 Å². The molecule has 238 valence electrons. The van der Waals surface area contributed by atoms with E-state index < -0.39 is 17.5 Å². The van der Waals surface area contributed by atoms with Gasteiger partial charge in [0.05, 0.1) is 5.56 Å². The van der Waals surface area contributed by atoms with Gasteiger partial charge in [-0.25, -0.2) is 9.59 Å². The lowest BCUT2D eigenvalue weighted by Gasteiger charge is -2.26. The van der Waals surface area contributed by atoms with Crippen molar-refractivity contribution in [3.05, 3.63) is 89.0 Å². The van der Waals surface area contributed by atoms with Crippen LogP contribution in [0.2, 0.25) is 0 Å². The van der Waals surface area contributed by atoms with E-state index in [-0.39, 0.29) is 35.7 Å². The van der Waals surface area contributed by atoms with Gasteiger partial charge in [-0.05, 0) is 66.0 Å². The monoisotopic (exact) mass is 604 g/mol. The van der Waals surface area contributed by atoms with E-state index in [0.717, 1.165) is 36.3 Å². The zero-order valence-electron chi connectivity index (χ0n) is 26.8. The summed E-state index contributed by atoms with van der Waals surface area (Å²) in [6.45, 7) is 11.4. The summed E-state index contributed by atoms with van der Waals surface area (Å²) >= 11 is 0. The molecule has 3 unspecified atom stereocenters. The summed E-state index contributed by atoms with van der Waals surface area (Å²) in [4.78, 5) is 24.3. The van der Waals surface area contributed by atoms with E-state index in [1.807, 2.05) is 54.6 Å². The van der Waals surface area contributed by atoms with Crippen molar-refractivity contribution in [1.29, 1.82) is 0 Å². The van der Waals surface area contributed by atoms with Gasteiger partial charge in [-0.1, -0.05) is 103 Å². The molecule has 0 heterocycles. The van der Waals surface area contributed by atoms with Crippen molar-refractivity contribution in [2.45, 2.75) is 92.5 Å². The predicted molar refractivity (Wildman–Crippen MR) is 173 cm³/mol. The SMILES string of the molecule is CCC(C)CCCC(C)CCC(Oc1ccc(C(=O)O)c(C(=O)O)c1OCc1ccc(OCc2ccccc2)cc1)C(C)C. The van der Waals surface area contributed by atoms with Crippen LogP contribution in [-0.4, -0.2) is 28.3 Å². The Morgan fingerprint density at radius 2 is 1.34 bits per heavy atom. The molecular formula is C37H48O7. The molecule has 3 atom stereocenters. The fourth-order valence-electron chi connectivity index (χ4n) is 5.07. The molecule has 0 aliphatic rings. The Kier molecular flexibility index (Phi) is 13.6. The first-order valence-corrected chi connectivity index (χ1v) is 15.8. The minimum absolute atomic E-state index is 0.0260. The molecule has 0 aliphatic heterocycles. The van der Waals surface area contributed by atoms with Crippen LogP contribution in [-0.2, 0) is 13.2 Å². The summed E-state index contributed by atoms with van der Waals surface area (Å²) in [6, 6.07) is 20.0. The van der Waals surface area contributed by atoms with Crippen LogP contribution in [0.15, 0.2) is 66.7 Å². The molecule has 3 aromatic rings. The van der Waals surface area contributed by atoms with Gasteiger partial charge in [0, 0.05) is 0 Å². The van der Waals surface area contributed by atoms with Gasteiger partial charge in [-0.15, -0.1) is 0 Å². The number of carbonyl (C=O) groups is 2. The highest BCUT2D eigenvalue weighted by Gasteiger charge is 2.27. The normalized spacial score (nSPS) is 13.2. The molecule has 7 nitrogen and oxygen atoms in total. The van der Waals surface area contributed by atoms with E-state index in [1.54, 1.807) is 0 Å². The minimum atomic E-state index is -1.39. The maximum Gasteiger partial charge on any atom is 0.340 e. The Balaban J connectivity index is 1.74. The van der Waals surface area contributed by atoms with Crippen molar-refractivity contribution >= 4 is 11.9 Å². The number of carboxylic acids is 2. The summed E-state index contributed by atoms with van der Waals surface area (Å²) in [5, 5.41) is 19.8. The summed E-state index contributed by atoms with van der Waals surface area (Å²) in [5.41, 5.74) is 1.06. The lowest BCUT2D eigenvalue weighted by Crippen LogP contribution is -2.25. The summed E-state index contributed by atoms with van der Waals surface area (Å²) in [5.74, 6) is -0.430. The van der Waals surface area contributed by atoms with Crippen molar-refractivity contribution in [1.82, 2.24) is 0 Å². The molecule has 7 heteroatoms. The summed E-state index contributed by atoms with van der Waals surface area (Å²) < 4.78 is 18.3. The van der Waals surface area contributed by atoms with E-state index in [4.69, 9.17) is 14.2 Å². The molecule has 0 saturated heterocycles. The van der Waals surface area contributed by atoms with Crippen molar-refractivity contribution in [2.24, 2.45) is 17.8 Å². The van der Waals surface area contributed by atoms with Crippen molar-refractivity contribution in [3.8, 4) is 17.2 Å². The molecule has 0 saturated carbocycles. The van der Waals surface area contributed by atoms with E-state index in [0.29, 0.717) is 18.3 Å². The first-order valence-electron chi connectivity index (χ1n) is 15.8. The highest BCUT2D eigenvalue weighted by molar-refractivity contribution is 6.04. The number of rotatable bonds is 19. The van der Waals surface area contributed by atoms with Gasteiger partial charge in [-0.3, -0.25) is 0 Å². The average Bonchev–Trinajstić information content (AvgIpc) is 3.01. The number of ether oxygens (including phenoxy) is 3.